The van der Waals surface area contributed by atoms with Crippen LogP contribution < -0.4 is 5.73 Å². The highest BCUT2D eigenvalue weighted by Gasteiger charge is 2.41. The van der Waals surface area contributed by atoms with E-state index in [1.165, 1.54) is 0 Å². The molecule has 0 radical (unpaired) electrons. The van der Waals surface area contributed by atoms with Gasteiger partial charge < -0.3 is 5.73 Å². The van der Waals surface area contributed by atoms with E-state index < -0.39 is 5.91 Å². The van der Waals surface area contributed by atoms with Crippen molar-refractivity contribution < 1.29 is 4.79 Å². The molecule has 102 valence electrons. The minimum absolute atomic E-state index is 0.0697. The normalized spacial score (nSPS) is 21.1. The Hall–Kier alpha value is -2.35. The molecule has 2 aromatic heterocycles. The van der Waals surface area contributed by atoms with Crippen LogP contribution >= 0.6 is 0 Å². The number of nitriles is 1. The van der Waals surface area contributed by atoms with E-state index >= 15 is 0 Å². The molecular weight excluding hydrogens is 252 g/mol. The van der Waals surface area contributed by atoms with Gasteiger partial charge in [-0.2, -0.15) is 10.4 Å². The summed E-state index contributed by atoms with van der Waals surface area (Å²) in [5, 5.41) is 13.4. The third-order valence-electron chi connectivity index (χ3n) is 3.95. The minimum atomic E-state index is -0.420. The number of nitrogens with two attached hydrogens (primary N) is 1. The number of pyridine rings is 1. The standard InChI is InChI=1S/C15H16N4O/c1-8(2)13-10(15(17)20)3-4-19-14(13)12(7-18-19)11-5-9(11)6-16/h3-4,7-9,11H,5H2,1-2H3,(H2,17,20)/t9-,11+/m1/s1. The molecule has 2 heterocycles. The number of rotatable bonds is 3. The Morgan fingerprint density at radius 1 is 1.60 bits per heavy atom. The fourth-order valence-electron chi connectivity index (χ4n) is 2.88. The molecule has 2 aromatic rings. The van der Waals surface area contributed by atoms with Crippen molar-refractivity contribution in [1.82, 2.24) is 9.61 Å². The largest absolute Gasteiger partial charge is 0.366 e. The van der Waals surface area contributed by atoms with Crippen molar-refractivity contribution in [2.75, 3.05) is 0 Å². The third-order valence-corrected chi connectivity index (χ3v) is 3.95. The number of hydrogen-bond acceptors (Lipinski definition) is 3. The van der Waals surface area contributed by atoms with Crippen molar-refractivity contribution in [3.63, 3.8) is 0 Å². The number of fused-ring (bicyclic) bond motifs is 1. The molecular formula is C15H16N4O. The summed E-state index contributed by atoms with van der Waals surface area (Å²) in [5.74, 6) is 0.0466. The van der Waals surface area contributed by atoms with Crippen molar-refractivity contribution in [2.45, 2.75) is 32.1 Å². The zero-order chi connectivity index (χ0) is 14.4. The Kier molecular flexibility index (Phi) is 2.75. The van der Waals surface area contributed by atoms with Gasteiger partial charge in [0.25, 0.3) is 0 Å². The summed E-state index contributed by atoms with van der Waals surface area (Å²) in [6.45, 7) is 4.07. The maximum Gasteiger partial charge on any atom is 0.249 e. The number of nitrogens with zero attached hydrogens (tertiary/aromatic N) is 3. The molecule has 1 aliphatic carbocycles. The van der Waals surface area contributed by atoms with Gasteiger partial charge in [0.15, 0.2) is 0 Å². The Balaban J connectivity index is 2.27. The highest BCUT2D eigenvalue weighted by molar-refractivity contribution is 5.96. The van der Waals surface area contributed by atoms with Gasteiger partial charge >= 0.3 is 0 Å². The van der Waals surface area contributed by atoms with Crippen LogP contribution in [-0.4, -0.2) is 15.5 Å². The second-order valence-electron chi connectivity index (χ2n) is 5.63. The Morgan fingerprint density at radius 3 is 2.90 bits per heavy atom. The average molecular weight is 268 g/mol. The third kappa shape index (κ3) is 1.76. The van der Waals surface area contributed by atoms with Crippen LogP contribution in [-0.2, 0) is 0 Å². The van der Waals surface area contributed by atoms with Crippen LogP contribution in [0.5, 0.6) is 0 Å². The molecule has 5 heteroatoms. The topological polar surface area (TPSA) is 84.2 Å². The van der Waals surface area contributed by atoms with Crippen LogP contribution in [0.2, 0.25) is 0 Å². The number of primary amides is 1. The number of hydrogen-bond donors (Lipinski definition) is 1. The van der Waals surface area contributed by atoms with Gasteiger partial charge in [0.05, 0.1) is 23.7 Å². The molecule has 2 atom stereocenters. The first-order valence-electron chi connectivity index (χ1n) is 6.74. The fraction of sp³-hybridized carbons (Fsp3) is 0.400. The maximum atomic E-state index is 11.6. The number of amides is 1. The van der Waals surface area contributed by atoms with Crippen molar-refractivity contribution in [2.24, 2.45) is 11.7 Å². The van der Waals surface area contributed by atoms with Gasteiger partial charge in [-0.1, -0.05) is 13.8 Å². The molecule has 0 bridgehead atoms. The number of aromatic nitrogens is 2. The molecule has 2 N–H and O–H groups in total. The van der Waals surface area contributed by atoms with E-state index in [2.05, 4.69) is 11.2 Å². The first-order chi connectivity index (χ1) is 9.54. The van der Waals surface area contributed by atoms with E-state index in [9.17, 15) is 4.79 Å². The summed E-state index contributed by atoms with van der Waals surface area (Å²) in [7, 11) is 0. The van der Waals surface area contributed by atoms with E-state index in [4.69, 9.17) is 11.0 Å². The highest BCUT2D eigenvalue weighted by Crippen LogP contribution is 2.49. The molecule has 0 aromatic carbocycles. The molecule has 1 saturated carbocycles. The minimum Gasteiger partial charge on any atom is -0.366 e. The lowest BCUT2D eigenvalue weighted by atomic mass is 9.94. The quantitative estimate of drug-likeness (QED) is 0.925. The lowest BCUT2D eigenvalue weighted by Crippen LogP contribution is -2.16. The summed E-state index contributed by atoms with van der Waals surface area (Å²) in [6, 6.07) is 4.02. The molecule has 0 aliphatic heterocycles. The maximum absolute atomic E-state index is 11.6. The van der Waals surface area contributed by atoms with Crippen LogP contribution in [0, 0.1) is 17.2 Å². The number of carbonyl (C=O) groups excluding carboxylic acids is 1. The van der Waals surface area contributed by atoms with Crippen molar-refractivity contribution in [3.05, 3.63) is 35.2 Å². The lowest BCUT2D eigenvalue weighted by molar-refractivity contribution is 0.0999. The monoisotopic (exact) mass is 268 g/mol. The molecule has 0 saturated heterocycles. The van der Waals surface area contributed by atoms with Gasteiger partial charge in [-0.3, -0.25) is 4.79 Å². The Labute approximate surface area is 117 Å². The van der Waals surface area contributed by atoms with Gasteiger partial charge in [0.1, 0.15) is 0 Å². The van der Waals surface area contributed by atoms with Gasteiger partial charge in [0, 0.05) is 23.2 Å². The zero-order valence-corrected chi connectivity index (χ0v) is 11.5. The highest BCUT2D eigenvalue weighted by atomic mass is 16.1. The van der Waals surface area contributed by atoms with Crippen LogP contribution in [0.3, 0.4) is 0 Å². The van der Waals surface area contributed by atoms with E-state index in [0.717, 1.165) is 23.1 Å². The predicted octanol–water partition coefficient (Wildman–Crippen LogP) is 2.18. The van der Waals surface area contributed by atoms with E-state index in [0.29, 0.717) is 5.56 Å². The first-order valence-corrected chi connectivity index (χ1v) is 6.74. The van der Waals surface area contributed by atoms with Gasteiger partial charge in [-0.15, -0.1) is 0 Å². The van der Waals surface area contributed by atoms with E-state index in [1.54, 1.807) is 16.8 Å². The molecule has 1 aliphatic rings. The second kappa shape index (κ2) is 4.34. The van der Waals surface area contributed by atoms with Gasteiger partial charge in [-0.25, -0.2) is 4.52 Å². The smallest absolute Gasteiger partial charge is 0.249 e. The molecule has 0 unspecified atom stereocenters. The van der Waals surface area contributed by atoms with Crippen molar-refractivity contribution >= 4 is 11.4 Å². The summed E-state index contributed by atoms with van der Waals surface area (Å²) in [5.41, 5.74) is 8.96. The molecule has 1 fully saturated rings. The average Bonchev–Trinajstić information content (AvgIpc) is 3.07. The summed E-state index contributed by atoms with van der Waals surface area (Å²) in [6.07, 6.45) is 4.44. The van der Waals surface area contributed by atoms with Crippen molar-refractivity contribution in [3.8, 4) is 6.07 Å². The molecule has 1 amide bonds. The molecule has 5 nitrogen and oxygen atoms in total. The lowest BCUT2D eigenvalue weighted by Gasteiger charge is -2.13. The number of carbonyl (C=O) groups is 1. The summed E-state index contributed by atoms with van der Waals surface area (Å²) in [4.78, 5) is 11.6. The van der Waals surface area contributed by atoms with Crippen LogP contribution in [0.25, 0.3) is 5.52 Å². The summed E-state index contributed by atoms with van der Waals surface area (Å²) < 4.78 is 1.78. The predicted molar refractivity (Wildman–Crippen MR) is 74.3 cm³/mol. The SMILES string of the molecule is CC(C)c1c(C(N)=O)ccn2ncc([C@H]3C[C@@H]3C#N)c12. The Morgan fingerprint density at radius 2 is 2.35 bits per heavy atom. The summed E-state index contributed by atoms with van der Waals surface area (Å²) >= 11 is 0. The first kappa shape index (κ1) is 12.7. The van der Waals surface area contributed by atoms with Crippen LogP contribution in [0.15, 0.2) is 18.5 Å². The van der Waals surface area contributed by atoms with Crippen LogP contribution in [0.1, 0.15) is 53.6 Å². The van der Waals surface area contributed by atoms with E-state index in [1.807, 2.05) is 20.0 Å². The Bertz CT molecular complexity index is 738. The van der Waals surface area contributed by atoms with Gasteiger partial charge in [0.2, 0.25) is 5.91 Å². The van der Waals surface area contributed by atoms with Crippen molar-refractivity contribution in [1.29, 1.82) is 5.26 Å². The van der Waals surface area contributed by atoms with E-state index in [-0.39, 0.29) is 17.8 Å². The van der Waals surface area contributed by atoms with Crippen LogP contribution in [0.4, 0.5) is 0 Å². The second-order valence-corrected chi connectivity index (χ2v) is 5.63. The zero-order valence-electron chi connectivity index (χ0n) is 11.5. The molecule has 3 rings (SSSR count). The molecule has 20 heavy (non-hydrogen) atoms. The fourth-order valence-corrected chi connectivity index (χ4v) is 2.88. The van der Waals surface area contributed by atoms with Gasteiger partial charge in [-0.05, 0) is 24.0 Å². The molecule has 0 spiro atoms.